The highest BCUT2D eigenvalue weighted by Gasteiger charge is 2.28. The van der Waals surface area contributed by atoms with Gasteiger partial charge >= 0.3 is 0 Å². The van der Waals surface area contributed by atoms with E-state index >= 15 is 0 Å². The first kappa shape index (κ1) is 17.0. The molecule has 0 bridgehead atoms. The molecule has 0 fully saturated rings. The Hall–Kier alpha value is -2.79. The third-order valence-corrected chi connectivity index (χ3v) is 4.24. The lowest BCUT2D eigenvalue weighted by atomic mass is 10.0. The topological polar surface area (TPSA) is 84.2 Å². The summed E-state index contributed by atoms with van der Waals surface area (Å²) in [5.74, 6) is -0.718. The number of benzene rings is 2. The van der Waals surface area contributed by atoms with E-state index in [-0.39, 0.29) is 5.91 Å². The van der Waals surface area contributed by atoms with Crippen LogP contribution in [-0.2, 0) is 4.79 Å². The predicted octanol–water partition coefficient (Wildman–Crippen LogP) is 4.01. The van der Waals surface area contributed by atoms with Crippen molar-refractivity contribution in [2.75, 3.05) is 10.6 Å². The second-order valence-corrected chi connectivity index (χ2v) is 6.25. The Morgan fingerprint density at radius 3 is 2.56 bits per heavy atom. The average molecular weight is 356 g/mol. The molecular weight excluding hydrogens is 338 g/mol. The summed E-state index contributed by atoms with van der Waals surface area (Å²) in [7, 11) is 0. The highest BCUT2D eigenvalue weighted by molar-refractivity contribution is 6.32. The van der Waals surface area contributed by atoms with Crippen molar-refractivity contribution >= 4 is 40.4 Å². The van der Waals surface area contributed by atoms with E-state index in [2.05, 4.69) is 10.6 Å². The zero-order chi connectivity index (χ0) is 18.0. The number of hydrogen-bond acceptors (Lipinski definition) is 3. The van der Waals surface area contributed by atoms with Gasteiger partial charge in [0, 0.05) is 33.2 Å². The molecule has 0 aromatic heterocycles. The Kier molecular flexibility index (Phi) is 4.76. The van der Waals surface area contributed by atoms with Crippen molar-refractivity contribution in [1.82, 2.24) is 0 Å². The van der Waals surface area contributed by atoms with Crippen molar-refractivity contribution in [3.63, 3.8) is 0 Å². The molecule has 0 saturated carbocycles. The minimum absolute atomic E-state index is 0.193. The summed E-state index contributed by atoms with van der Waals surface area (Å²) in [6.45, 7) is 2.05. The van der Waals surface area contributed by atoms with Gasteiger partial charge in [-0.3, -0.25) is 9.59 Å². The lowest BCUT2D eigenvalue weighted by Gasteiger charge is -2.13. The van der Waals surface area contributed by atoms with E-state index in [9.17, 15) is 9.59 Å². The Bertz CT molecular complexity index is 873. The molecular formula is C19H18ClN3O2. The van der Waals surface area contributed by atoms with E-state index < -0.39 is 5.91 Å². The smallest absolute Gasteiger partial charge is 0.258 e. The molecule has 0 aliphatic carbocycles. The van der Waals surface area contributed by atoms with Gasteiger partial charge in [-0.15, -0.1) is 0 Å². The Morgan fingerprint density at radius 1 is 1.20 bits per heavy atom. The standard InChI is InChI=1S/C19H18ClN3O2/c1-2-3-15(22-13-7-5-12(20)6-8-13)17-14-9-4-11(18(21)24)10-16(14)23-19(17)25/h4-10,22H,2-3H2,1H3,(H2,21,24)(H,23,25). The second-order valence-electron chi connectivity index (χ2n) is 5.81. The van der Waals surface area contributed by atoms with Crippen LogP contribution in [0.1, 0.15) is 35.7 Å². The molecule has 2 amide bonds. The minimum Gasteiger partial charge on any atom is -0.366 e. The van der Waals surface area contributed by atoms with Gasteiger partial charge in [0.25, 0.3) is 5.91 Å². The van der Waals surface area contributed by atoms with Crippen LogP contribution in [0.5, 0.6) is 0 Å². The number of fused-ring (bicyclic) bond motifs is 1. The summed E-state index contributed by atoms with van der Waals surface area (Å²) in [5.41, 5.74) is 9.31. The molecule has 3 rings (SSSR count). The van der Waals surface area contributed by atoms with Crippen LogP contribution in [0.15, 0.2) is 48.2 Å². The van der Waals surface area contributed by atoms with Gasteiger partial charge in [0.1, 0.15) is 0 Å². The summed E-state index contributed by atoms with van der Waals surface area (Å²) in [4.78, 5) is 23.9. The molecule has 0 spiro atoms. The number of anilines is 2. The molecule has 5 nitrogen and oxygen atoms in total. The number of hydrogen-bond donors (Lipinski definition) is 3. The first-order chi connectivity index (χ1) is 12.0. The SMILES string of the molecule is CCCC(Nc1ccc(Cl)cc1)=C1C(=O)Nc2cc(C(N)=O)ccc21. The van der Waals surface area contributed by atoms with E-state index in [4.69, 9.17) is 17.3 Å². The molecule has 25 heavy (non-hydrogen) atoms. The number of rotatable bonds is 5. The molecule has 128 valence electrons. The quantitative estimate of drug-likeness (QED) is 0.708. The van der Waals surface area contributed by atoms with Crippen LogP contribution < -0.4 is 16.4 Å². The number of halogens is 1. The van der Waals surface area contributed by atoms with Crippen LogP contribution >= 0.6 is 11.6 Å². The molecule has 0 atom stereocenters. The summed E-state index contributed by atoms with van der Waals surface area (Å²) in [5, 5.41) is 6.79. The minimum atomic E-state index is -0.525. The average Bonchev–Trinajstić information content (AvgIpc) is 2.91. The summed E-state index contributed by atoms with van der Waals surface area (Å²) < 4.78 is 0. The number of primary amides is 1. The monoisotopic (exact) mass is 355 g/mol. The zero-order valence-electron chi connectivity index (χ0n) is 13.7. The Morgan fingerprint density at radius 2 is 1.92 bits per heavy atom. The fourth-order valence-corrected chi connectivity index (χ4v) is 2.96. The molecule has 6 heteroatoms. The summed E-state index contributed by atoms with van der Waals surface area (Å²) in [6, 6.07) is 12.3. The number of nitrogens with two attached hydrogens (primary N) is 1. The van der Waals surface area contributed by atoms with Gasteiger partial charge in [0.2, 0.25) is 5.91 Å². The maximum atomic E-state index is 12.5. The zero-order valence-corrected chi connectivity index (χ0v) is 14.5. The lowest BCUT2D eigenvalue weighted by molar-refractivity contribution is -0.110. The first-order valence-corrected chi connectivity index (χ1v) is 8.38. The van der Waals surface area contributed by atoms with E-state index in [1.165, 1.54) is 0 Å². The van der Waals surface area contributed by atoms with Crippen LogP contribution in [0.25, 0.3) is 5.57 Å². The Balaban J connectivity index is 2.04. The number of carbonyl (C=O) groups excluding carboxylic acids is 2. The van der Waals surface area contributed by atoms with Crippen molar-refractivity contribution in [2.45, 2.75) is 19.8 Å². The molecule has 1 aliphatic heterocycles. The molecule has 0 unspecified atom stereocenters. The number of amides is 2. The van der Waals surface area contributed by atoms with E-state index in [1.54, 1.807) is 30.3 Å². The fourth-order valence-electron chi connectivity index (χ4n) is 2.83. The number of allylic oxidation sites excluding steroid dienone is 1. The third kappa shape index (κ3) is 3.51. The molecule has 0 saturated heterocycles. The molecule has 2 aromatic rings. The van der Waals surface area contributed by atoms with Crippen molar-refractivity contribution in [2.24, 2.45) is 5.73 Å². The Labute approximate surface area is 150 Å². The molecule has 4 N–H and O–H groups in total. The number of carbonyl (C=O) groups is 2. The maximum Gasteiger partial charge on any atom is 0.258 e. The van der Waals surface area contributed by atoms with Gasteiger partial charge in [0.05, 0.1) is 5.57 Å². The first-order valence-electron chi connectivity index (χ1n) is 8.01. The largest absolute Gasteiger partial charge is 0.366 e. The van der Waals surface area contributed by atoms with Crippen molar-refractivity contribution < 1.29 is 9.59 Å². The molecule has 2 aromatic carbocycles. The van der Waals surface area contributed by atoms with Gasteiger partial charge in [-0.25, -0.2) is 0 Å². The highest BCUT2D eigenvalue weighted by atomic mass is 35.5. The van der Waals surface area contributed by atoms with Crippen molar-refractivity contribution in [3.05, 3.63) is 64.3 Å². The normalized spacial score (nSPS) is 14.7. The molecule has 1 heterocycles. The molecule has 0 radical (unpaired) electrons. The van der Waals surface area contributed by atoms with Gasteiger partial charge in [-0.2, -0.15) is 0 Å². The van der Waals surface area contributed by atoms with Gasteiger partial charge in [-0.1, -0.05) is 31.0 Å². The lowest BCUT2D eigenvalue weighted by Crippen LogP contribution is -2.11. The van der Waals surface area contributed by atoms with E-state index in [1.807, 2.05) is 19.1 Å². The molecule has 1 aliphatic rings. The third-order valence-electron chi connectivity index (χ3n) is 3.99. The van der Waals surface area contributed by atoms with Crippen LogP contribution in [0.4, 0.5) is 11.4 Å². The van der Waals surface area contributed by atoms with Crippen LogP contribution in [-0.4, -0.2) is 11.8 Å². The van der Waals surface area contributed by atoms with E-state index in [0.717, 1.165) is 23.4 Å². The fraction of sp³-hybridized carbons (Fsp3) is 0.158. The maximum absolute atomic E-state index is 12.5. The second kappa shape index (κ2) is 6.99. The highest BCUT2D eigenvalue weighted by Crippen LogP contribution is 2.36. The van der Waals surface area contributed by atoms with Crippen molar-refractivity contribution in [1.29, 1.82) is 0 Å². The van der Waals surface area contributed by atoms with Crippen LogP contribution in [0.3, 0.4) is 0 Å². The van der Waals surface area contributed by atoms with Gasteiger partial charge < -0.3 is 16.4 Å². The van der Waals surface area contributed by atoms with Gasteiger partial charge in [0.15, 0.2) is 0 Å². The van der Waals surface area contributed by atoms with Crippen molar-refractivity contribution in [3.8, 4) is 0 Å². The summed E-state index contributed by atoms with van der Waals surface area (Å²) >= 11 is 5.93. The van der Waals surface area contributed by atoms with Crippen LogP contribution in [0, 0.1) is 0 Å². The van der Waals surface area contributed by atoms with Gasteiger partial charge in [-0.05, 0) is 42.8 Å². The van der Waals surface area contributed by atoms with Crippen LogP contribution in [0.2, 0.25) is 5.02 Å². The summed E-state index contributed by atoms with van der Waals surface area (Å²) in [6.07, 6.45) is 1.59. The predicted molar refractivity (Wildman–Crippen MR) is 100 cm³/mol. The van der Waals surface area contributed by atoms with E-state index in [0.29, 0.717) is 28.3 Å². The number of nitrogens with one attached hydrogen (secondary N) is 2.